The SMILES string of the molecule is CCN1OC(C2CCCCN2C(=O)COc2ccccc2)=N[C@H]1c1ccccc1. The first-order valence-electron chi connectivity index (χ1n) is 10.3. The maximum Gasteiger partial charge on any atom is 0.261 e. The van der Waals surface area contributed by atoms with Gasteiger partial charge in [0.25, 0.3) is 5.91 Å². The smallest absolute Gasteiger partial charge is 0.261 e. The van der Waals surface area contributed by atoms with E-state index >= 15 is 0 Å². The Morgan fingerprint density at radius 3 is 2.55 bits per heavy atom. The van der Waals surface area contributed by atoms with Gasteiger partial charge in [0.1, 0.15) is 11.8 Å². The number of hydrogen-bond acceptors (Lipinski definition) is 5. The van der Waals surface area contributed by atoms with Gasteiger partial charge in [-0.25, -0.2) is 4.99 Å². The number of hydrogen-bond donors (Lipinski definition) is 0. The lowest BCUT2D eigenvalue weighted by Gasteiger charge is -2.35. The highest BCUT2D eigenvalue weighted by molar-refractivity contribution is 5.89. The molecule has 29 heavy (non-hydrogen) atoms. The molecule has 0 spiro atoms. The van der Waals surface area contributed by atoms with Crippen LogP contribution < -0.4 is 4.74 Å². The molecular formula is C23H27N3O3. The zero-order valence-corrected chi connectivity index (χ0v) is 16.7. The third-order valence-electron chi connectivity index (χ3n) is 5.36. The Labute approximate surface area is 171 Å². The summed E-state index contributed by atoms with van der Waals surface area (Å²) < 4.78 is 5.68. The molecule has 0 aliphatic carbocycles. The Morgan fingerprint density at radius 1 is 1.10 bits per heavy atom. The first-order chi connectivity index (χ1) is 14.3. The number of likely N-dealkylation sites (tertiary alicyclic amines) is 1. The maximum absolute atomic E-state index is 12.9. The number of piperidine rings is 1. The third-order valence-corrected chi connectivity index (χ3v) is 5.36. The fourth-order valence-electron chi connectivity index (χ4n) is 3.86. The molecule has 1 fully saturated rings. The van der Waals surface area contributed by atoms with Gasteiger partial charge in [0, 0.05) is 13.1 Å². The zero-order valence-electron chi connectivity index (χ0n) is 16.7. The van der Waals surface area contributed by atoms with Gasteiger partial charge >= 0.3 is 0 Å². The van der Waals surface area contributed by atoms with Crippen LogP contribution in [0.2, 0.25) is 0 Å². The summed E-state index contributed by atoms with van der Waals surface area (Å²) in [7, 11) is 0. The van der Waals surface area contributed by atoms with Crippen LogP contribution in [0.25, 0.3) is 0 Å². The molecule has 2 aromatic carbocycles. The highest BCUT2D eigenvalue weighted by Crippen LogP contribution is 2.31. The van der Waals surface area contributed by atoms with E-state index in [2.05, 4.69) is 12.1 Å². The van der Waals surface area contributed by atoms with Crippen LogP contribution in [-0.4, -0.2) is 47.5 Å². The number of nitrogens with zero attached hydrogens (tertiary/aromatic N) is 3. The van der Waals surface area contributed by atoms with Crippen molar-refractivity contribution in [2.75, 3.05) is 19.7 Å². The molecule has 2 heterocycles. The summed E-state index contributed by atoms with van der Waals surface area (Å²) in [5.74, 6) is 1.30. The maximum atomic E-state index is 12.9. The highest BCUT2D eigenvalue weighted by Gasteiger charge is 2.38. The molecule has 2 aliphatic rings. The molecule has 0 aromatic heterocycles. The number of ether oxygens (including phenoxy) is 1. The van der Waals surface area contributed by atoms with Gasteiger partial charge in [0.2, 0.25) is 5.90 Å². The van der Waals surface area contributed by atoms with E-state index in [4.69, 9.17) is 14.6 Å². The lowest BCUT2D eigenvalue weighted by atomic mass is 10.0. The van der Waals surface area contributed by atoms with Crippen molar-refractivity contribution in [1.82, 2.24) is 9.96 Å². The Hall–Kier alpha value is -2.86. The number of carbonyl (C=O) groups excluding carboxylic acids is 1. The molecule has 2 atom stereocenters. The number of carbonyl (C=O) groups is 1. The van der Waals surface area contributed by atoms with Crippen molar-refractivity contribution in [3.05, 3.63) is 66.2 Å². The molecule has 6 heteroatoms. The van der Waals surface area contributed by atoms with Crippen LogP contribution in [0.4, 0.5) is 0 Å². The summed E-state index contributed by atoms with van der Waals surface area (Å²) in [5.41, 5.74) is 1.09. The first-order valence-corrected chi connectivity index (χ1v) is 10.3. The number of aliphatic imine (C=N–C) groups is 1. The van der Waals surface area contributed by atoms with Crippen LogP contribution in [0.5, 0.6) is 5.75 Å². The van der Waals surface area contributed by atoms with E-state index in [0.29, 0.717) is 24.7 Å². The summed E-state index contributed by atoms with van der Waals surface area (Å²) in [6.45, 7) is 3.48. The summed E-state index contributed by atoms with van der Waals surface area (Å²) in [6.07, 6.45) is 2.73. The normalized spacial score (nSPS) is 22.1. The molecule has 2 aliphatic heterocycles. The average molecular weight is 393 g/mol. The van der Waals surface area contributed by atoms with Crippen molar-refractivity contribution in [3.8, 4) is 5.75 Å². The van der Waals surface area contributed by atoms with Gasteiger partial charge in [-0.1, -0.05) is 48.5 Å². The lowest BCUT2D eigenvalue weighted by molar-refractivity contribution is -0.137. The van der Waals surface area contributed by atoms with Crippen LogP contribution in [0.15, 0.2) is 65.7 Å². The van der Waals surface area contributed by atoms with Crippen molar-refractivity contribution in [1.29, 1.82) is 0 Å². The van der Waals surface area contributed by atoms with Gasteiger partial charge in [-0.15, -0.1) is 5.06 Å². The molecule has 152 valence electrons. The van der Waals surface area contributed by atoms with Gasteiger partial charge in [0.15, 0.2) is 12.8 Å². The fourth-order valence-corrected chi connectivity index (χ4v) is 3.86. The molecule has 6 nitrogen and oxygen atoms in total. The number of hydroxylamine groups is 2. The van der Waals surface area contributed by atoms with Gasteiger partial charge in [0.05, 0.1) is 0 Å². The monoisotopic (exact) mass is 393 g/mol. The van der Waals surface area contributed by atoms with Crippen LogP contribution >= 0.6 is 0 Å². The van der Waals surface area contributed by atoms with Gasteiger partial charge in [-0.2, -0.15) is 0 Å². The van der Waals surface area contributed by atoms with E-state index < -0.39 is 0 Å². The predicted octanol–water partition coefficient (Wildman–Crippen LogP) is 3.81. The first kappa shape index (κ1) is 19.5. The molecule has 0 N–H and O–H groups in total. The second-order valence-electron chi connectivity index (χ2n) is 7.28. The van der Waals surface area contributed by atoms with E-state index in [0.717, 1.165) is 24.8 Å². The molecule has 0 radical (unpaired) electrons. The topological polar surface area (TPSA) is 54.4 Å². The summed E-state index contributed by atoms with van der Waals surface area (Å²) in [6, 6.07) is 19.4. The van der Waals surface area contributed by atoms with E-state index in [-0.39, 0.29) is 24.7 Å². The minimum atomic E-state index is -0.171. The predicted molar refractivity (Wildman–Crippen MR) is 111 cm³/mol. The average Bonchev–Trinajstić information content (AvgIpc) is 3.23. The van der Waals surface area contributed by atoms with Gasteiger partial charge in [-0.05, 0) is 43.9 Å². The molecule has 1 unspecified atom stereocenters. The number of amides is 1. The highest BCUT2D eigenvalue weighted by atomic mass is 16.7. The van der Waals surface area contributed by atoms with E-state index in [1.807, 2.05) is 65.4 Å². The molecule has 0 bridgehead atoms. The van der Waals surface area contributed by atoms with E-state index in [9.17, 15) is 4.79 Å². The van der Waals surface area contributed by atoms with Crippen LogP contribution in [0.3, 0.4) is 0 Å². The van der Waals surface area contributed by atoms with Crippen molar-refractivity contribution >= 4 is 11.8 Å². The molecule has 0 saturated carbocycles. The summed E-state index contributed by atoms with van der Waals surface area (Å²) in [4.78, 5) is 25.8. The Kier molecular flexibility index (Phi) is 6.10. The second-order valence-corrected chi connectivity index (χ2v) is 7.28. The summed E-state index contributed by atoms with van der Waals surface area (Å²) >= 11 is 0. The van der Waals surface area contributed by atoms with Crippen LogP contribution in [0, 0.1) is 0 Å². The van der Waals surface area contributed by atoms with Gasteiger partial charge in [-0.3, -0.25) is 4.79 Å². The van der Waals surface area contributed by atoms with Gasteiger partial charge < -0.3 is 14.5 Å². The molecule has 4 rings (SSSR count). The van der Waals surface area contributed by atoms with Crippen molar-refractivity contribution < 1.29 is 14.4 Å². The lowest BCUT2D eigenvalue weighted by Crippen LogP contribution is -2.50. The Balaban J connectivity index is 1.48. The standard InChI is InChI=1S/C23H27N3O3/c1-2-26-22(18-11-5-3-6-12-18)24-23(29-26)20-15-9-10-16-25(20)21(27)17-28-19-13-7-4-8-14-19/h3-8,11-14,20,22H,2,9-10,15-17H2,1H3/t20?,22-/m1/s1. The summed E-state index contributed by atoms with van der Waals surface area (Å²) in [5, 5.41) is 1.88. The van der Waals surface area contributed by atoms with E-state index in [1.54, 1.807) is 0 Å². The number of para-hydroxylation sites is 1. The molecular weight excluding hydrogens is 366 g/mol. The van der Waals surface area contributed by atoms with Crippen molar-refractivity contribution in [3.63, 3.8) is 0 Å². The molecule has 2 aromatic rings. The second kappa shape index (κ2) is 9.09. The van der Waals surface area contributed by atoms with E-state index in [1.165, 1.54) is 0 Å². The minimum absolute atomic E-state index is 0.0212. The largest absolute Gasteiger partial charge is 0.484 e. The van der Waals surface area contributed by atoms with Crippen molar-refractivity contribution in [2.45, 2.75) is 38.4 Å². The Morgan fingerprint density at radius 2 is 1.83 bits per heavy atom. The third kappa shape index (κ3) is 4.43. The van der Waals surface area contributed by atoms with Crippen LogP contribution in [0.1, 0.15) is 37.9 Å². The number of rotatable bonds is 6. The minimum Gasteiger partial charge on any atom is -0.484 e. The quantitative estimate of drug-likeness (QED) is 0.749. The van der Waals surface area contributed by atoms with Crippen LogP contribution in [-0.2, 0) is 9.63 Å². The van der Waals surface area contributed by atoms with Crippen molar-refractivity contribution in [2.24, 2.45) is 4.99 Å². The zero-order chi connectivity index (χ0) is 20.1. The fraction of sp³-hybridized carbons (Fsp3) is 0.391. The molecule has 1 amide bonds. The number of benzene rings is 2. The Bertz CT molecular complexity index is 841. The molecule has 1 saturated heterocycles.